The van der Waals surface area contributed by atoms with Crippen LogP contribution in [0.2, 0.25) is 0 Å². The Morgan fingerprint density at radius 1 is 1.55 bits per heavy atom. The summed E-state index contributed by atoms with van der Waals surface area (Å²) in [6.45, 7) is 0.669. The maximum absolute atomic E-state index is 5.52. The van der Waals surface area contributed by atoms with E-state index in [9.17, 15) is 0 Å². The molecule has 0 aliphatic carbocycles. The molecule has 0 saturated carbocycles. The van der Waals surface area contributed by atoms with E-state index in [0.717, 1.165) is 10.6 Å². The molecule has 2 N–H and O–H groups in total. The third kappa shape index (κ3) is 1.21. The number of rotatable bonds is 0. The highest BCUT2D eigenvalue weighted by molar-refractivity contribution is 8.13. The summed E-state index contributed by atoms with van der Waals surface area (Å²) in [6, 6.07) is 3.93. The molecule has 0 radical (unpaired) electrons. The molecule has 1 aromatic rings. The van der Waals surface area contributed by atoms with Crippen LogP contribution in [-0.2, 0) is 6.54 Å². The molecule has 1 aliphatic rings. The lowest BCUT2D eigenvalue weighted by Crippen LogP contribution is -2.11. The van der Waals surface area contributed by atoms with Gasteiger partial charge in [0.2, 0.25) is 0 Å². The number of hydrogen-bond donors (Lipinski definition) is 1. The number of hydrogen-bond acceptors (Lipinski definition) is 4. The third-order valence-electron chi connectivity index (χ3n) is 1.46. The average molecular weight is 165 g/mol. The van der Waals surface area contributed by atoms with E-state index in [1.54, 1.807) is 6.20 Å². The number of aromatic nitrogens is 1. The highest BCUT2D eigenvalue weighted by atomic mass is 32.2. The topological polar surface area (TPSA) is 51.3 Å². The molecular weight excluding hydrogens is 158 g/mol. The lowest BCUT2D eigenvalue weighted by molar-refractivity contribution is 0.956. The largest absolute Gasteiger partial charge is 0.378 e. The molecule has 3 nitrogen and oxygen atoms in total. The van der Waals surface area contributed by atoms with E-state index in [1.165, 1.54) is 11.8 Å². The summed E-state index contributed by atoms with van der Waals surface area (Å²) in [5.41, 5.74) is 6.68. The molecule has 56 valence electrons. The Kier molecular flexibility index (Phi) is 1.54. The summed E-state index contributed by atoms with van der Waals surface area (Å²) < 4.78 is 0. The van der Waals surface area contributed by atoms with E-state index in [4.69, 9.17) is 5.73 Å². The first-order valence-corrected chi connectivity index (χ1v) is 4.09. The van der Waals surface area contributed by atoms with Crippen molar-refractivity contribution >= 4 is 16.9 Å². The zero-order chi connectivity index (χ0) is 7.68. The Morgan fingerprint density at radius 3 is 3.36 bits per heavy atom. The van der Waals surface area contributed by atoms with Crippen LogP contribution in [0.3, 0.4) is 0 Å². The normalized spacial score (nSPS) is 15.5. The van der Waals surface area contributed by atoms with Crippen molar-refractivity contribution in [1.29, 1.82) is 0 Å². The van der Waals surface area contributed by atoms with Crippen LogP contribution in [0.5, 0.6) is 0 Å². The minimum absolute atomic E-state index is 0.608. The van der Waals surface area contributed by atoms with E-state index in [0.29, 0.717) is 11.7 Å². The Labute approximate surface area is 68.7 Å². The van der Waals surface area contributed by atoms with Crippen LogP contribution in [0.25, 0.3) is 0 Å². The second-order valence-corrected chi connectivity index (χ2v) is 3.23. The highest BCUT2D eigenvalue weighted by Gasteiger charge is 2.10. The van der Waals surface area contributed by atoms with Gasteiger partial charge in [0, 0.05) is 11.8 Å². The smallest absolute Gasteiger partial charge is 0.160 e. The maximum atomic E-state index is 5.52. The van der Waals surface area contributed by atoms with Crippen molar-refractivity contribution in [3.63, 3.8) is 0 Å². The molecule has 0 fully saturated rings. The van der Waals surface area contributed by atoms with Gasteiger partial charge >= 0.3 is 0 Å². The summed E-state index contributed by atoms with van der Waals surface area (Å²) in [6.07, 6.45) is 1.77. The summed E-state index contributed by atoms with van der Waals surface area (Å²) in [7, 11) is 0. The van der Waals surface area contributed by atoms with Gasteiger partial charge in [0.15, 0.2) is 5.17 Å². The monoisotopic (exact) mass is 165 g/mol. The first-order valence-electron chi connectivity index (χ1n) is 3.28. The van der Waals surface area contributed by atoms with Gasteiger partial charge in [-0.1, -0.05) is 6.07 Å². The quantitative estimate of drug-likeness (QED) is 0.624. The Morgan fingerprint density at radius 2 is 2.45 bits per heavy atom. The minimum Gasteiger partial charge on any atom is -0.378 e. The van der Waals surface area contributed by atoms with Gasteiger partial charge in [0.1, 0.15) is 5.03 Å². The zero-order valence-electron chi connectivity index (χ0n) is 5.82. The molecule has 1 aromatic heterocycles. The SMILES string of the molecule is NC1=NCc2cccnc2S1. The molecule has 4 heteroatoms. The van der Waals surface area contributed by atoms with Gasteiger partial charge in [0.05, 0.1) is 6.54 Å². The maximum Gasteiger partial charge on any atom is 0.160 e. The van der Waals surface area contributed by atoms with Crippen molar-refractivity contribution in [1.82, 2.24) is 4.98 Å². The van der Waals surface area contributed by atoms with Gasteiger partial charge in [-0.2, -0.15) is 0 Å². The van der Waals surface area contributed by atoms with E-state index in [2.05, 4.69) is 9.98 Å². The van der Waals surface area contributed by atoms with Crippen molar-refractivity contribution in [2.45, 2.75) is 11.6 Å². The van der Waals surface area contributed by atoms with Crippen molar-refractivity contribution in [3.05, 3.63) is 23.9 Å². The van der Waals surface area contributed by atoms with Crippen molar-refractivity contribution in [2.24, 2.45) is 10.7 Å². The molecule has 11 heavy (non-hydrogen) atoms. The standard InChI is InChI=1S/C7H7N3S/c8-7-10-4-5-2-1-3-9-6(5)11-7/h1-3H,4H2,(H2,8,10). The van der Waals surface area contributed by atoms with Crippen LogP contribution in [0, 0.1) is 0 Å². The number of pyridine rings is 1. The van der Waals surface area contributed by atoms with Gasteiger partial charge in [-0.05, 0) is 17.8 Å². The Bertz CT molecular complexity index is 308. The summed E-state index contributed by atoms with van der Waals surface area (Å²) in [5.74, 6) is 0. The van der Waals surface area contributed by atoms with E-state index in [-0.39, 0.29) is 0 Å². The van der Waals surface area contributed by atoms with Crippen LogP contribution >= 0.6 is 11.8 Å². The predicted octanol–water partition coefficient (Wildman–Crippen LogP) is 1.00. The molecular formula is C7H7N3S. The first kappa shape index (κ1) is 6.67. The second kappa shape index (κ2) is 2.54. The molecule has 2 heterocycles. The Hall–Kier alpha value is -1.03. The number of nitrogens with zero attached hydrogens (tertiary/aromatic N) is 2. The van der Waals surface area contributed by atoms with Gasteiger partial charge in [-0.25, -0.2) is 4.98 Å². The van der Waals surface area contributed by atoms with Crippen LogP contribution in [0.1, 0.15) is 5.56 Å². The minimum atomic E-state index is 0.608. The Balaban J connectivity index is 2.42. The first-order chi connectivity index (χ1) is 5.36. The summed E-state index contributed by atoms with van der Waals surface area (Å²) in [5, 5.41) is 1.59. The van der Waals surface area contributed by atoms with E-state index in [1.807, 2.05) is 12.1 Å². The average Bonchev–Trinajstić information content (AvgIpc) is 2.04. The second-order valence-electron chi connectivity index (χ2n) is 2.22. The number of aliphatic imine (C=N–C) groups is 1. The fourth-order valence-corrected chi connectivity index (χ4v) is 1.64. The molecule has 0 saturated heterocycles. The lowest BCUT2D eigenvalue weighted by atomic mass is 10.3. The van der Waals surface area contributed by atoms with Gasteiger partial charge < -0.3 is 5.73 Å². The van der Waals surface area contributed by atoms with E-state index < -0.39 is 0 Å². The number of fused-ring (bicyclic) bond motifs is 1. The van der Waals surface area contributed by atoms with Crippen LogP contribution in [-0.4, -0.2) is 10.2 Å². The highest BCUT2D eigenvalue weighted by Crippen LogP contribution is 2.24. The van der Waals surface area contributed by atoms with Gasteiger partial charge in [-0.3, -0.25) is 4.99 Å². The van der Waals surface area contributed by atoms with E-state index >= 15 is 0 Å². The van der Waals surface area contributed by atoms with Gasteiger partial charge in [-0.15, -0.1) is 0 Å². The molecule has 0 spiro atoms. The molecule has 0 unspecified atom stereocenters. The van der Waals surface area contributed by atoms with Crippen molar-refractivity contribution in [3.8, 4) is 0 Å². The predicted molar refractivity (Wildman–Crippen MR) is 45.4 cm³/mol. The van der Waals surface area contributed by atoms with Crippen LogP contribution < -0.4 is 5.73 Å². The summed E-state index contributed by atoms with van der Waals surface area (Å²) in [4.78, 5) is 8.26. The molecule has 0 bridgehead atoms. The van der Waals surface area contributed by atoms with Gasteiger partial charge in [0.25, 0.3) is 0 Å². The third-order valence-corrected chi connectivity index (χ3v) is 2.36. The number of nitrogens with two attached hydrogens (primary N) is 1. The number of amidine groups is 1. The van der Waals surface area contributed by atoms with Crippen LogP contribution in [0.4, 0.5) is 0 Å². The molecule has 2 rings (SSSR count). The molecule has 0 amide bonds. The lowest BCUT2D eigenvalue weighted by Gasteiger charge is -2.09. The van der Waals surface area contributed by atoms with Crippen LogP contribution in [0.15, 0.2) is 28.3 Å². The zero-order valence-corrected chi connectivity index (χ0v) is 6.64. The summed E-state index contributed by atoms with van der Waals surface area (Å²) >= 11 is 1.43. The number of thioether (sulfide) groups is 1. The van der Waals surface area contributed by atoms with Crippen molar-refractivity contribution in [2.75, 3.05) is 0 Å². The van der Waals surface area contributed by atoms with Crippen molar-refractivity contribution < 1.29 is 0 Å². The molecule has 0 aromatic carbocycles. The molecule has 0 atom stereocenters. The fourth-order valence-electron chi connectivity index (χ4n) is 0.931. The molecule has 1 aliphatic heterocycles. The fraction of sp³-hybridized carbons (Fsp3) is 0.143.